The molecule has 1 radical (unpaired) electrons. The number of carbonyl (C=O) groups is 5. The summed E-state index contributed by atoms with van der Waals surface area (Å²) in [4.78, 5) is 78.7. The number of nitrogens with zero attached hydrogens (tertiary/aromatic N) is 5. The first-order valence-electron chi connectivity index (χ1n) is 24.8. The van der Waals surface area contributed by atoms with Gasteiger partial charge >= 0.3 is 39.9 Å². The Morgan fingerprint density at radius 2 is 1.46 bits per heavy atom. The largest absolute Gasteiger partial charge is 3.00 e. The van der Waals surface area contributed by atoms with Crippen LogP contribution in [0.25, 0.3) is 0 Å². The van der Waals surface area contributed by atoms with E-state index in [1.807, 2.05) is 13.0 Å². The fraction of sp³-hybridized carbons (Fsp3) is 0.538. The van der Waals surface area contributed by atoms with Gasteiger partial charge in [0, 0.05) is 86.5 Å². The van der Waals surface area contributed by atoms with Crippen LogP contribution in [0.5, 0.6) is 0 Å². The number of carbonyl (C=O) groups excluding carboxylic acids is 5. The van der Waals surface area contributed by atoms with Crippen LogP contribution in [0, 0.1) is 51.8 Å². The number of aliphatic hydroxyl groups is 1. The molecule has 6 rings (SSSR count). The summed E-state index contributed by atoms with van der Waals surface area (Å²) in [5.74, 6) is -4.49. The van der Waals surface area contributed by atoms with Crippen molar-refractivity contribution in [3.05, 3.63) is 89.9 Å². The quantitative estimate of drug-likeness (QED) is 0.0617. The maximum atomic E-state index is 13.4. The number of unbranched alkanes of at least 4 members (excludes halogenated alkanes) is 3. The van der Waals surface area contributed by atoms with Gasteiger partial charge in [-0.15, -0.1) is 0 Å². The number of nitrogens with one attached hydrogen (secondary N) is 4. The number of amides is 2. The zero-order valence-corrected chi connectivity index (χ0v) is 46.1. The molecule has 18 nitrogen and oxygen atoms in total. The van der Waals surface area contributed by atoms with Crippen molar-refractivity contribution in [3.63, 3.8) is 0 Å². The van der Waals surface area contributed by atoms with Gasteiger partial charge in [-0.05, 0) is 122 Å². The fourth-order valence-electron chi connectivity index (χ4n) is 10.2. The van der Waals surface area contributed by atoms with E-state index in [1.54, 1.807) is 6.92 Å². The monoisotopic (exact) mass is 1200 g/mol. The molecule has 2 amide bonds. The SMILES string of the molecule is CCC1=C(C)C2=NC1=CC1=C(C)C3=C(O)CC(=C4NC(=C(Br)C5=NC(=C2)C(CC)=C5C)[C@@H](C)[C@@H]4CCC(=O)NCCCCCCNC(=O)C(CCN(CC(=O)[O-])CN(CC)CC(=O)[O-])NCC(=O)[O-])C3=N1.[Gd+3]. The van der Waals surface area contributed by atoms with Crippen LogP contribution < -0.4 is 36.6 Å². The number of fused-ring (bicyclic) bond motifs is 5. The van der Waals surface area contributed by atoms with Gasteiger partial charge in [0.15, 0.2) is 0 Å². The second-order valence-electron chi connectivity index (χ2n) is 18.8. The predicted molar refractivity (Wildman–Crippen MR) is 269 cm³/mol. The second kappa shape index (κ2) is 26.7. The van der Waals surface area contributed by atoms with Crippen molar-refractivity contribution in [2.24, 2.45) is 26.8 Å². The van der Waals surface area contributed by atoms with E-state index in [1.165, 1.54) is 9.80 Å². The number of likely N-dealkylation sites (N-methyl/N-ethyl adjacent to an activating group) is 1. The average molecular weight is 1200 g/mol. The van der Waals surface area contributed by atoms with Gasteiger partial charge in [0.25, 0.3) is 0 Å². The molecule has 1 aliphatic carbocycles. The zero-order valence-electron chi connectivity index (χ0n) is 42.3. The van der Waals surface area contributed by atoms with Crippen molar-refractivity contribution in [1.82, 2.24) is 31.1 Å². The van der Waals surface area contributed by atoms with Crippen molar-refractivity contribution in [2.75, 3.05) is 52.5 Å². The van der Waals surface area contributed by atoms with Gasteiger partial charge in [-0.25, -0.2) is 15.0 Å². The predicted octanol–water partition coefficient (Wildman–Crippen LogP) is 2.54. The van der Waals surface area contributed by atoms with Gasteiger partial charge < -0.3 is 56.1 Å². The van der Waals surface area contributed by atoms with Crippen LogP contribution in [0.4, 0.5) is 0 Å². The van der Waals surface area contributed by atoms with E-state index in [0.29, 0.717) is 38.9 Å². The molecule has 0 spiro atoms. The summed E-state index contributed by atoms with van der Waals surface area (Å²) >= 11 is 3.99. The fourth-order valence-corrected chi connectivity index (χ4v) is 11.0. The topological polar surface area (TPSA) is 266 Å². The number of aliphatic carboxylic acids is 3. The third-order valence-electron chi connectivity index (χ3n) is 14.1. The Labute approximate surface area is 462 Å². The number of aliphatic imine (C=N–C) groups is 3. The van der Waals surface area contributed by atoms with E-state index in [4.69, 9.17) is 15.0 Å². The minimum atomic E-state index is -1.41. The Hall–Kier alpha value is -4.44. The summed E-state index contributed by atoms with van der Waals surface area (Å²) in [5.41, 5.74) is 14.1. The smallest absolute Gasteiger partial charge is 0.549 e. The number of halogens is 1. The van der Waals surface area contributed by atoms with Crippen molar-refractivity contribution >= 4 is 62.8 Å². The standard InChI is InChI=1S/C52H70BrN9O9.Gd/c1-8-32-28(4)37-22-40-33(9-2)29(5)48(59-40)47(53)49-30(6)34(50(60-49)35-21-41(63)46-31(7)38(58-51(35)46)23-39(32)57-37)15-16-42(64)54-18-13-11-12-14-19-55-52(71)36(56-24-43(65)66)17-20-62(26-45(69)70)27-61(10-3)25-44(67)68;/h22-23,30,34,36,56,60,63H,8-21,24-27H2,1-7H3,(H,54,64)(H,55,71)(H,65,66)(H,67,68)(H,69,70);/q;+3/p-3/t30-,34-,36?;/m0./s1. The van der Waals surface area contributed by atoms with Crippen LogP contribution in [-0.4, -0.2) is 120 Å². The molecule has 5 heterocycles. The minimum Gasteiger partial charge on any atom is -0.549 e. The van der Waals surface area contributed by atoms with E-state index >= 15 is 0 Å². The molecule has 0 aromatic heterocycles. The summed E-state index contributed by atoms with van der Waals surface area (Å²) in [5, 5.41) is 57.6. The van der Waals surface area contributed by atoms with Crippen LogP contribution in [-0.2, 0) is 24.0 Å². The summed E-state index contributed by atoms with van der Waals surface area (Å²) in [6.07, 6.45) is 9.83. The maximum Gasteiger partial charge on any atom is 3.00 e. The molecule has 1 fully saturated rings. The molecular formula is C52H67BrGdN9O9. The first-order valence-corrected chi connectivity index (χ1v) is 25.6. The average Bonchev–Trinajstić information content (AvgIpc) is 4.09. The van der Waals surface area contributed by atoms with E-state index in [-0.39, 0.29) is 89.5 Å². The van der Waals surface area contributed by atoms with Crippen LogP contribution >= 0.6 is 15.9 Å². The Balaban J connectivity index is 0.00000963. The molecular weight excluding hydrogens is 1130 g/mol. The molecule has 6 aliphatic rings. The Bertz CT molecular complexity index is 2570. The van der Waals surface area contributed by atoms with Crippen molar-refractivity contribution < 1.29 is 84.3 Å². The van der Waals surface area contributed by atoms with Gasteiger partial charge in [0.05, 0.1) is 69.3 Å². The molecule has 0 aromatic rings. The normalized spacial score (nSPS) is 19.7. The zero-order chi connectivity index (χ0) is 51.7. The van der Waals surface area contributed by atoms with Crippen molar-refractivity contribution in [1.29, 1.82) is 0 Å². The van der Waals surface area contributed by atoms with E-state index < -0.39 is 49.5 Å². The molecule has 5 N–H and O–H groups in total. The number of allylic oxidation sites excluding steroid dienone is 12. The number of carboxylic acid groups (broad SMARTS) is 3. The number of aliphatic hydroxyl groups excluding tert-OH is 1. The number of hydrogen-bond acceptors (Lipinski definition) is 16. The third-order valence-corrected chi connectivity index (χ3v) is 14.9. The minimum absolute atomic E-state index is 0. The Kier molecular flexibility index (Phi) is 21.7. The Morgan fingerprint density at radius 3 is 2.10 bits per heavy atom. The first kappa shape index (κ1) is 58.5. The molecule has 389 valence electrons. The molecule has 1 saturated heterocycles. The first-order chi connectivity index (χ1) is 33.9. The maximum absolute atomic E-state index is 13.4. The van der Waals surface area contributed by atoms with E-state index in [9.17, 15) is 44.4 Å². The van der Waals surface area contributed by atoms with Crippen LogP contribution in [0.1, 0.15) is 113 Å². The molecule has 3 atom stereocenters. The summed E-state index contributed by atoms with van der Waals surface area (Å²) in [6.45, 7) is 13.9. The molecule has 1 unspecified atom stereocenters. The second-order valence-corrected chi connectivity index (χ2v) is 19.6. The van der Waals surface area contributed by atoms with Gasteiger partial charge in [0.1, 0.15) is 5.76 Å². The van der Waals surface area contributed by atoms with E-state index in [0.717, 1.165) is 121 Å². The van der Waals surface area contributed by atoms with E-state index in [2.05, 4.69) is 77.9 Å². The molecule has 0 aromatic carbocycles. The Morgan fingerprint density at radius 1 is 0.819 bits per heavy atom. The summed E-state index contributed by atoms with van der Waals surface area (Å²) in [7, 11) is 0. The third kappa shape index (κ3) is 14.0. The number of hydrogen-bond donors (Lipinski definition) is 5. The van der Waals surface area contributed by atoms with Crippen LogP contribution in [0.2, 0.25) is 0 Å². The molecule has 8 bridgehead atoms. The van der Waals surface area contributed by atoms with Gasteiger partial charge in [0.2, 0.25) is 11.8 Å². The van der Waals surface area contributed by atoms with Gasteiger partial charge in [-0.3, -0.25) is 19.4 Å². The molecule has 5 aliphatic heterocycles. The summed E-state index contributed by atoms with van der Waals surface area (Å²) in [6, 6.07) is -0.982. The summed E-state index contributed by atoms with van der Waals surface area (Å²) < 4.78 is 0.862. The van der Waals surface area contributed by atoms with Gasteiger partial charge in [-0.2, -0.15) is 0 Å². The number of carboxylic acids is 3. The molecule has 0 saturated carbocycles. The van der Waals surface area contributed by atoms with Crippen LogP contribution in [0.15, 0.2) is 105 Å². The van der Waals surface area contributed by atoms with Crippen molar-refractivity contribution in [2.45, 2.75) is 119 Å². The van der Waals surface area contributed by atoms with Gasteiger partial charge in [-0.1, -0.05) is 40.5 Å². The molecule has 20 heteroatoms. The number of rotatable bonds is 26. The van der Waals surface area contributed by atoms with Crippen LogP contribution in [0.3, 0.4) is 0 Å². The van der Waals surface area contributed by atoms with Crippen molar-refractivity contribution in [3.8, 4) is 0 Å². The molecule has 72 heavy (non-hydrogen) atoms.